The quantitative estimate of drug-likeness (QED) is 0.320. The number of anilines is 2. The fourth-order valence-electron chi connectivity index (χ4n) is 3.23. The highest BCUT2D eigenvalue weighted by atomic mass is 16.6. The molecule has 2 rings (SSSR count). The summed E-state index contributed by atoms with van der Waals surface area (Å²) in [5, 5.41) is 14.3. The van der Waals surface area contributed by atoms with Gasteiger partial charge in [0.25, 0.3) is 0 Å². The number of rotatable bonds is 9. The fraction of sp³-hybridized carbons (Fsp3) is 0.375. The number of nitrogens with one attached hydrogen (secondary N) is 2. The van der Waals surface area contributed by atoms with E-state index in [9.17, 15) is 24.3 Å². The molecule has 0 aliphatic carbocycles. The molecule has 0 saturated carbocycles. The molecule has 10 nitrogen and oxygen atoms in total. The van der Waals surface area contributed by atoms with Crippen molar-refractivity contribution < 1.29 is 29.0 Å². The molecule has 10 heteroatoms. The molecule has 0 saturated heterocycles. The molecule has 5 N–H and O–H groups in total. The number of nitrogens with zero attached hydrogens (tertiary/aromatic N) is 1. The Morgan fingerprint density at radius 1 is 1.18 bits per heavy atom. The third-order valence-corrected chi connectivity index (χ3v) is 4.73. The SMILES string of the molecule is C[C@H](NC(=O)OC(C)(C)C)C(=O)c1c(N)cccc1CCCC(=O)Nc1cnccc1C(=O)O. The van der Waals surface area contributed by atoms with Crippen LogP contribution in [0.3, 0.4) is 0 Å². The number of hydrogen-bond donors (Lipinski definition) is 4. The number of aromatic carboxylic acids is 1. The van der Waals surface area contributed by atoms with Gasteiger partial charge >= 0.3 is 12.1 Å². The van der Waals surface area contributed by atoms with E-state index in [1.54, 1.807) is 45.9 Å². The molecule has 0 fully saturated rings. The first-order valence-electron chi connectivity index (χ1n) is 10.8. The number of ketones is 1. The molecule has 1 aromatic heterocycles. The van der Waals surface area contributed by atoms with Gasteiger partial charge in [-0.3, -0.25) is 14.6 Å². The molecule has 1 aromatic carbocycles. The van der Waals surface area contributed by atoms with Crippen LogP contribution in [0.15, 0.2) is 36.7 Å². The molecular formula is C24H30N4O6. The average Bonchev–Trinajstić information content (AvgIpc) is 2.72. The van der Waals surface area contributed by atoms with E-state index in [1.807, 2.05) is 0 Å². The molecule has 34 heavy (non-hydrogen) atoms. The second-order valence-electron chi connectivity index (χ2n) is 8.74. The van der Waals surface area contributed by atoms with Crippen LogP contribution in [0.4, 0.5) is 16.2 Å². The second kappa shape index (κ2) is 11.3. The zero-order chi connectivity index (χ0) is 25.5. The van der Waals surface area contributed by atoms with Gasteiger partial charge in [-0.1, -0.05) is 12.1 Å². The van der Waals surface area contributed by atoms with Crippen LogP contribution in [0, 0.1) is 0 Å². The predicted octanol–water partition coefficient (Wildman–Crippen LogP) is 3.42. The minimum Gasteiger partial charge on any atom is -0.478 e. The first-order valence-corrected chi connectivity index (χ1v) is 10.8. The molecule has 2 aromatic rings. The topological polar surface area (TPSA) is 161 Å². The number of hydrogen-bond acceptors (Lipinski definition) is 7. The van der Waals surface area contributed by atoms with E-state index in [2.05, 4.69) is 15.6 Å². The van der Waals surface area contributed by atoms with Crippen molar-refractivity contribution >= 4 is 35.1 Å². The lowest BCUT2D eigenvalue weighted by atomic mass is 9.94. The van der Waals surface area contributed by atoms with Crippen LogP contribution >= 0.6 is 0 Å². The summed E-state index contributed by atoms with van der Waals surface area (Å²) in [6.07, 6.45) is 2.73. The van der Waals surface area contributed by atoms with E-state index in [-0.39, 0.29) is 40.6 Å². The Kier molecular flexibility index (Phi) is 8.71. The van der Waals surface area contributed by atoms with Crippen molar-refractivity contribution in [3.8, 4) is 0 Å². The number of carbonyl (C=O) groups excluding carboxylic acids is 3. The minimum atomic E-state index is -1.17. The average molecular weight is 471 g/mol. The number of benzene rings is 1. The summed E-state index contributed by atoms with van der Waals surface area (Å²) in [4.78, 5) is 52.5. The summed E-state index contributed by atoms with van der Waals surface area (Å²) in [6.45, 7) is 6.71. The van der Waals surface area contributed by atoms with E-state index in [0.29, 0.717) is 18.4 Å². The van der Waals surface area contributed by atoms with Gasteiger partial charge in [-0.05, 0) is 58.2 Å². The summed E-state index contributed by atoms with van der Waals surface area (Å²) in [6, 6.07) is 5.48. The maximum absolute atomic E-state index is 13.0. The summed E-state index contributed by atoms with van der Waals surface area (Å²) in [5.74, 6) is -1.92. The number of Topliss-reactive ketones (excluding diaryl/α,β-unsaturated/α-hetero) is 1. The van der Waals surface area contributed by atoms with Gasteiger partial charge in [0, 0.05) is 23.9 Å². The Labute approximate surface area is 197 Å². The number of carboxylic acids is 1. The molecule has 0 unspecified atom stereocenters. The fourth-order valence-corrected chi connectivity index (χ4v) is 3.23. The van der Waals surface area contributed by atoms with E-state index >= 15 is 0 Å². The lowest BCUT2D eigenvalue weighted by molar-refractivity contribution is -0.116. The number of pyridine rings is 1. The maximum Gasteiger partial charge on any atom is 0.408 e. The first kappa shape index (κ1) is 26.3. The number of alkyl carbamates (subject to hydrolysis) is 1. The van der Waals surface area contributed by atoms with Crippen LogP contribution in [-0.2, 0) is 16.0 Å². The number of nitrogens with two attached hydrogens (primary N) is 1. The monoisotopic (exact) mass is 470 g/mol. The van der Waals surface area contributed by atoms with E-state index in [0.717, 1.165) is 0 Å². The summed E-state index contributed by atoms with van der Waals surface area (Å²) < 4.78 is 5.20. The lowest BCUT2D eigenvalue weighted by Gasteiger charge is -2.22. The van der Waals surface area contributed by atoms with Crippen LogP contribution in [-0.4, -0.2) is 45.5 Å². The Hall–Kier alpha value is -3.95. The van der Waals surface area contributed by atoms with Gasteiger partial charge in [-0.15, -0.1) is 0 Å². The van der Waals surface area contributed by atoms with E-state index < -0.39 is 23.7 Å². The van der Waals surface area contributed by atoms with Crippen molar-refractivity contribution in [2.45, 2.75) is 58.6 Å². The van der Waals surface area contributed by atoms with Crippen molar-refractivity contribution in [2.75, 3.05) is 11.1 Å². The molecule has 1 heterocycles. The highest BCUT2D eigenvalue weighted by Crippen LogP contribution is 2.22. The summed E-state index contributed by atoms with van der Waals surface area (Å²) in [5.41, 5.74) is 6.61. The van der Waals surface area contributed by atoms with Gasteiger partial charge in [0.05, 0.1) is 23.5 Å². The van der Waals surface area contributed by atoms with Crippen molar-refractivity contribution in [3.05, 3.63) is 53.3 Å². The highest BCUT2D eigenvalue weighted by molar-refractivity contribution is 6.06. The van der Waals surface area contributed by atoms with Crippen molar-refractivity contribution in [1.82, 2.24) is 10.3 Å². The Balaban J connectivity index is 2.03. The Bertz CT molecular complexity index is 1080. The molecular weight excluding hydrogens is 440 g/mol. The number of nitrogen functional groups attached to an aromatic ring is 1. The second-order valence-corrected chi connectivity index (χ2v) is 8.74. The van der Waals surface area contributed by atoms with Crippen LogP contribution in [0.5, 0.6) is 0 Å². The zero-order valence-electron chi connectivity index (χ0n) is 19.7. The molecule has 182 valence electrons. The number of aromatic nitrogens is 1. The number of carboxylic acid groups (broad SMARTS) is 1. The number of aryl methyl sites for hydroxylation is 1. The molecule has 0 bridgehead atoms. The molecule has 0 aliphatic heterocycles. The number of ether oxygens (including phenoxy) is 1. The molecule has 0 aliphatic rings. The maximum atomic E-state index is 13.0. The van der Waals surface area contributed by atoms with Crippen LogP contribution in [0.25, 0.3) is 0 Å². The minimum absolute atomic E-state index is 0.0569. The molecule has 1 atom stereocenters. The van der Waals surface area contributed by atoms with Gasteiger partial charge in [-0.2, -0.15) is 0 Å². The molecule has 0 radical (unpaired) electrons. The first-order chi connectivity index (χ1) is 15.9. The number of amides is 2. The van der Waals surface area contributed by atoms with E-state index in [1.165, 1.54) is 18.5 Å². The highest BCUT2D eigenvalue weighted by Gasteiger charge is 2.25. The number of carbonyl (C=O) groups is 4. The van der Waals surface area contributed by atoms with E-state index in [4.69, 9.17) is 10.5 Å². The third kappa shape index (κ3) is 7.58. The summed E-state index contributed by atoms with van der Waals surface area (Å²) >= 11 is 0. The van der Waals surface area contributed by atoms with Crippen molar-refractivity contribution in [3.63, 3.8) is 0 Å². The van der Waals surface area contributed by atoms with Gasteiger partial charge in [0.1, 0.15) is 5.60 Å². The van der Waals surface area contributed by atoms with Crippen molar-refractivity contribution in [2.24, 2.45) is 0 Å². The van der Waals surface area contributed by atoms with Crippen LogP contribution < -0.4 is 16.4 Å². The molecule has 0 spiro atoms. The summed E-state index contributed by atoms with van der Waals surface area (Å²) in [7, 11) is 0. The predicted molar refractivity (Wildman–Crippen MR) is 127 cm³/mol. The van der Waals surface area contributed by atoms with Crippen LogP contribution in [0.1, 0.15) is 66.8 Å². The van der Waals surface area contributed by atoms with Gasteiger partial charge in [0.15, 0.2) is 5.78 Å². The van der Waals surface area contributed by atoms with Gasteiger partial charge in [0.2, 0.25) is 5.91 Å². The smallest absolute Gasteiger partial charge is 0.408 e. The third-order valence-electron chi connectivity index (χ3n) is 4.73. The van der Waals surface area contributed by atoms with Gasteiger partial charge in [-0.25, -0.2) is 9.59 Å². The largest absolute Gasteiger partial charge is 0.478 e. The van der Waals surface area contributed by atoms with Crippen molar-refractivity contribution in [1.29, 1.82) is 0 Å². The normalized spacial score (nSPS) is 11.9. The zero-order valence-corrected chi connectivity index (χ0v) is 19.7. The molecule has 2 amide bonds. The standard InChI is InChI=1S/C24H30N4O6/c1-14(27-23(33)34-24(2,3)4)21(30)20-15(7-5-9-17(20)25)8-6-10-19(29)28-18-13-26-12-11-16(18)22(31)32/h5,7,9,11-14H,6,8,10,25H2,1-4H3,(H,27,33)(H,28,29)(H,31,32)/t14-/m0/s1. The van der Waals surface area contributed by atoms with Gasteiger partial charge < -0.3 is 26.2 Å². The Morgan fingerprint density at radius 2 is 1.88 bits per heavy atom. The lowest BCUT2D eigenvalue weighted by Crippen LogP contribution is -2.42. The Morgan fingerprint density at radius 3 is 2.53 bits per heavy atom. The van der Waals surface area contributed by atoms with Crippen LogP contribution in [0.2, 0.25) is 0 Å².